The number of rotatable bonds is 20. The van der Waals surface area contributed by atoms with Crippen LogP contribution in [0.25, 0.3) is 0 Å². The maximum atomic E-state index is 5.74. The Morgan fingerprint density at radius 3 is 1.27 bits per heavy atom. The molecular weight excluding hydrogens is 634 g/mol. The number of hydrogen-bond acceptors (Lipinski definition) is 2. The molecule has 5 heteroatoms. The molecule has 1 rings (SSSR count). The molecule has 1 heterocycles. The Bertz CT molecular complexity index is 645. The van der Waals surface area contributed by atoms with E-state index >= 15 is 0 Å². The van der Waals surface area contributed by atoms with Gasteiger partial charge in [0.2, 0.25) is 0 Å². The average molecular weight is 690 g/mol. The zero-order chi connectivity index (χ0) is 24.6. The third kappa shape index (κ3) is 10.1. The molecule has 0 atom stereocenters. The van der Waals surface area contributed by atoms with E-state index in [1.807, 2.05) is 3.58 Å². The molecule has 0 aromatic carbocycles. The molecule has 0 aliphatic carbocycles. The van der Waals surface area contributed by atoms with Gasteiger partial charge in [-0.1, -0.05) is 0 Å². The summed E-state index contributed by atoms with van der Waals surface area (Å²) in [5, 5.41) is 0. The first-order valence-corrected chi connectivity index (χ1v) is 30.0. The van der Waals surface area contributed by atoms with Gasteiger partial charge in [-0.15, -0.1) is 0 Å². The first-order chi connectivity index (χ1) is 16.0. The van der Waals surface area contributed by atoms with Gasteiger partial charge >= 0.3 is 222 Å². The molecule has 0 saturated heterocycles. The number of aromatic nitrogens is 2. The summed E-state index contributed by atoms with van der Waals surface area (Å²) in [6.45, 7) is 14.3. The Balaban J connectivity index is 3.79. The second kappa shape index (κ2) is 18.2. The average Bonchev–Trinajstić information content (AvgIpc) is 2.84. The van der Waals surface area contributed by atoms with Crippen molar-refractivity contribution in [2.24, 2.45) is 0 Å². The molecule has 1 aromatic heterocycles. The van der Waals surface area contributed by atoms with Crippen LogP contribution in [0.1, 0.15) is 119 Å². The van der Waals surface area contributed by atoms with E-state index < -0.39 is 36.8 Å². The van der Waals surface area contributed by atoms with Crippen molar-refractivity contribution < 1.29 is 0 Å². The fraction of sp³-hybridized carbons (Fsp3) is 0.857. The predicted molar refractivity (Wildman–Crippen MR) is 158 cm³/mol. The van der Waals surface area contributed by atoms with Crippen molar-refractivity contribution in [3.8, 4) is 0 Å². The molecule has 0 saturated carbocycles. The summed E-state index contributed by atoms with van der Waals surface area (Å²) in [6, 6.07) is 0. The molecule has 0 fully saturated rings. The van der Waals surface area contributed by atoms with Gasteiger partial charge in [0.25, 0.3) is 0 Å². The van der Waals surface area contributed by atoms with Crippen molar-refractivity contribution >= 4 is 56.3 Å². The van der Waals surface area contributed by atoms with Crippen LogP contribution in [-0.4, -0.2) is 46.7 Å². The SMILES string of the molecule is CCC[CH2][Sn]([CH2]CCC)([CH2]CCC)[c]1cnc(=S)[nH][c]1[Sn]([CH2]CCC)([CH2]CCC)[CH2]CCC. The second-order valence-corrected chi connectivity index (χ2v) is 37.2. The van der Waals surface area contributed by atoms with Gasteiger partial charge in [-0.05, 0) is 0 Å². The van der Waals surface area contributed by atoms with Crippen LogP contribution in [0.15, 0.2) is 6.20 Å². The van der Waals surface area contributed by atoms with Gasteiger partial charge in [0.1, 0.15) is 0 Å². The summed E-state index contributed by atoms with van der Waals surface area (Å²) < 4.78 is 13.5. The van der Waals surface area contributed by atoms with Crippen LogP contribution in [-0.2, 0) is 0 Å². The van der Waals surface area contributed by atoms with Gasteiger partial charge in [-0.3, -0.25) is 0 Å². The van der Waals surface area contributed by atoms with Crippen molar-refractivity contribution in [2.45, 2.75) is 145 Å². The van der Waals surface area contributed by atoms with Gasteiger partial charge in [-0.25, -0.2) is 0 Å². The summed E-state index contributed by atoms with van der Waals surface area (Å²) in [6.07, 6.45) is 18.8. The molecule has 1 N–H and O–H groups in total. The predicted octanol–water partition coefficient (Wildman–Crippen LogP) is 9.25. The third-order valence-corrected chi connectivity index (χ3v) is 41.2. The van der Waals surface area contributed by atoms with Crippen molar-refractivity contribution in [3.63, 3.8) is 0 Å². The summed E-state index contributed by atoms with van der Waals surface area (Å²) in [7, 11) is 0. The molecule has 33 heavy (non-hydrogen) atoms. The van der Waals surface area contributed by atoms with E-state index in [-0.39, 0.29) is 0 Å². The molecule has 0 aliphatic rings. The normalized spacial score (nSPS) is 12.4. The van der Waals surface area contributed by atoms with Crippen molar-refractivity contribution in [2.75, 3.05) is 0 Å². The minimum atomic E-state index is -2.63. The van der Waals surface area contributed by atoms with E-state index in [4.69, 9.17) is 17.2 Å². The molecule has 0 spiro atoms. The first kappa shape index (κ1) is 31.9. The molecule has 0 unspecified atom stereocenters. The van der Waals surface area contributed by atoms with Crippen LogP contribution in [0.4, 0.5) is 0 Å². The van der Waals surface area contributed by atoms with Crippen LogP contribution in [0.5, 0.6) is 0 Å². The van der Waals surface area contributed by atoms with Crippen LogP contribution < -0.4 is 7.29 Å². The molecular formula is C28H56N2SSn2. The van der Waals surface area contributed by atoms with E-state index in [0.29, 0.717) is 0 Å². The van der Waals surface area contributed by atoms with Crippen molar-refractivity contribution in [1.82, 2.24) is 9.97 Å². The number of nitrogens with one attached hydrogen (secondary N) is 1. The number of hydrogen-bond donors (Lipinski definition) is 1. The van der Waals surface area contributed by atoms with Crippen molar-refractivity contribution in [3.05, 3.63) is 11.0 Å². The van der Waals surface area contributed by atoms with Gasteiger partial charge in [0, 0.05) is 0 Å². The Kier molecular flexibility index (Phi) is 17.6. The molecule has 2 nitrogen and oxygen atoms in total. The number of unbranched alkanes of at least 4 members (excludes halogenated alkanes) is 6. The third-order valence-electron chi connectivity index (χ3n) is 7.97. The van der Waals surface area contributed by atoms with Crippen LogP contribution in [0.2, 0.25) is 26.6 Å². The number of aromatic amines is 1. The fourth-order valence-corrected chi connectivity index (χ4v) is 48.3. The number of nitrogens with zero attached hydrogens (tertiary/aromatic N) is 1. The van der Waals surface area contributed by atoms with E-state index in [9.17, 15) is 0 Å². The monoisotopic (exact) mass is 692 g/mol. The van der Waals surface area contributed by atoms with Crippen LogP contribution >= 0.6 is 12.2 Å². The Labute approximate surface area is 220 Å². The molecule has 0 aliphatic heterocycles. The second-order valence-electron chi connectivity index (χ2n) is 10.7. The molecule has 0 radical (unpaired) electrons. The first-order valence-electron chi connectivity index (χ1n) is 14.6. The standard InChI is InChI=1S/C4H2N2S.6C4H9.2Sn/c7-4-5-2-1-3-6-4;6*1-3-4-2;;/h2H,(H,5,6,7);6*1,3-4H2,2H3;;. The molecule has 0 bridgehead atoms. The number of H-pyrrole nitrogens is 1. The van der Waals surface area contributed by atoms with E-state index in [1.54, 1.807) is 3.71 Å². The van der Waals surface area contributed by atoms with E-state index in [1.165, 1.54) is 104 Å². The Morgan fingerprint density at radius 2 is 0.939 bits per heavy atom. The maximum absolute atomic E-state index is 5.74. The molecule has 1 aromatic rings. The fourth-order valence-electron chi connectivity index (χ4n) is 5.83. The minimum absolute atomic E-state index is 0.765. The van der Waals surface area contributed by atoms with E-state index in [0.717, 1.165) is 4.77 Å². The van der Waals surface area contributed by atoms with Crippen molar-refractivity contribution in [1.29, 1.82) is 0 Å². The quantitative estimate of drug-likeness (QED) is 0.109. The van der Waals surface area contributed by atoms with E-state index in [2.05, 4.69) is 52.7 Å². The van der Waals surface area contributed by atoms with Gasteiger partial charge in [0.05, 0.1) is 0 Å². The molecule has 0 amide bonds. The summed E-state index contributed by atoms with van der Waals surface area (Å²) in [5.41, 5.74) is 0. The summed E-state index contributed by atoms with van der Waals surface area (Å²) >= 11 is 0.522. The Morgan fingerprint density at radius 1 is 0.606 bits per heavy atom. The van der Waals surface area contributed by atoms with Gasteiger partial charge in [0.15, 0.2) is 0 Å². The van der Waals surface area contributed by atoms with Gasteiger partial charge < -0.3 is 0 Å². The van der Waals surface area contributed by atoms with Crippen LogP contribution in [0, 0.1) is 4.77 Å². The topological polar surface area (TPSA) is 28.7 Å². The Hall–Kier alpha value is 0.897. The molecule has 192 valence electrons. The zero-order valence-electron chi connectivity index (χ0n) is 23.2. The zero-order valence-corrected chi connectivity index (χ0v) is 29.7. The van der Waals surface area contributed by atoms with Gasteiger partial charge in [-0.2, -0.15) is 0 Å². The summed E-state index contributed by atoms with van der Waals surface area (Å²) in [4.78, 5) is 8.76. The van der Waals surface area contributed by atoms with Crippen LogP contribution in [0.3, 0.4) is 0 Å². The summed E-state index contributed by atoms with van der Waals surface area (Å²) in [5.74, 6) is 0.